The molecule has 2 fully saturated rings. The number of rotatable bonds is 4. The average Bonchev–Trinajstić information content (AvgIpc) is 3.08. The highest BCUT2D eigenvalue weighted by atomic mass is 35.5. The maximum Gasteiger partial charge on any atom is 0.253 e. The molecule has 19 heavy (non-hydrogen) atoms. The summed E-state index contributed by atoms with van der Waals surface area (Å²) in [5.41, 5.74) is 0.627. The van der Waals surface area contributed by atoms with Crippen LogP contribution in [0.5, 0.6) is 5.75 Å². The first-order valence-electron chi connectivity index (χ1n) is 6.57. The van der Waals surface area contributed by atoms with Crippen molar-refractivity contribution in [2.24, 2.45) is 0 Å². The van der Waals surface area contributed by atoms with E-state index in [2.05, 4.69) is 0 Å². The Morgan fingerprint density at radius 2 is 2.16 bits per heavy atom. The van der Waals surface area contributed by atoms with Crippen molar-refractivity contribution >= 4 is 17.5 Å². The molecule has 5 heteroatoms. The third-order valence-corrected chi connectivity index (χ3v) is 3.69. The lowest BCUT2D eigenvalue weighted by Crippen LogP contribution is -2.27. The van der Waals surface area contributed by atoms with Crippen molar-refractivity contribution in [1.82, 2.24) is 4.90 Å². The molecule has 0 spiro atoms. The summed E-state index contributed by atoms with van der Waals surface area (Å²) in [6, 6.07) is 5.22. The molecule has 102 valence electrons. The van der Waals surface area contributed by atoms with Gasteiger partial charge in [-0.05, 0) is 31.0 Å². The van der Waals surface area contributed by atoms with Crippen molar-refractivity contribution < 1.29 is 14.3 Å². The van der Waals surface area contributed by atoms with Crippen LogP contribution in [0.1, 0.15) is 23.2 Å². The molecule has 0 radical (unpaired) electrons. The lowest BCUT2D eigenvalue weighted by molar-refractivity contribution is 0.0793. The summed E-state index contributed by atoms with van der Waals surface area (Å²) in [5, 5.41) is 0.477. The third kappa shape index (κ3) is 3.01. The van der Waals surface area contributed by atoms with Gasteiger partial charge in [-0.2, -0.15) is 0 Å². The largest absolute Gasteiger partial charge is 0.489 e. The van der Waals surface area contributed by atoms with Gasteiger partial charge < -0.3 is 14.4 Å². The molecular weight excluding hydrogens is 266 g/mol. The Bertz CT molecular complexity index is 482. The van der Waals surface area contributed by atoms with E-state index < -0.39 is 0 Å². The van der Waals surface area contributed by atoms with Gasteiger partial charge in [0.1, 0.15) is 18.5 Å². The van der Waals surface area contributed by atoms with E-state index in [0.29, 0.717) is 22.9 Å². The summed E-state index contributed by atoms with van der Waals surface area (Å²) >= 11 is 6.15. The first kappa shape index (κ1) is 12.8. The van der Waals surface area contributed by atoms with Gasteiger partial charge in [-0.25, -0.2) is 0 Å². The molecule has 4 nitrogen and oxygen atoms in total. The number of carbonyl (C=O) groups is 1. The van der Waals surface area contributed by atoms with Gasteiger partial charge in [0.15, 0.2) is 0 Å². The molecule has 2 aliphatic heterocycles. The maximum atomic E-state index is 12.2. The first-order valence-corrected chi connectivity index (χ1v) is 6.95. The topological polar surface area (TPSA) is 42.1 Å². The molecule has 0 N–H and O–H groups in total. The summed E-state index contributed by atoms with van der Waals surface area (Å²) in [7, 11) is 0. The van der Waals surface area contributed by atoms with Crippen molar-refractivity contribution in [2.75, 3.05) is 26.3 Å². The summed E-state index contributed by atoms with van der Waals surface area (Å²) in [6.07, 6.45) is 2.37. The van der Waals surface area contributed by atoms with E-state index in [1.165, 1.54) is 0 Å². The molecule has 3 rings (SSSR count). The number of carbonyl (C=O) groups excluding carboxylic acids is 1. The third-order valence-electron chi connectivity index (χ3n) is 3.40. The molecule has 2 heterocycles. The molecule has 0 aliphatic carbocycles. The van der Waals surface area contributed by atoms with Gasteiger partial charge >= 0.3 is 0 Å². The van der Waals surface area contributed by atoms with Gasteiger partial charge in [0.05, 0.1) is 11.6 Å². The molecule has 1 unspecified atom stereocenters. The number of ether oxygens (including phenoxy) is 2. The number of hydrogen-bond donors (Lipinski definition) is 0. The highest BCUT2D eigenvalue weighted by molar-refractivity contribution is 6.32. The van der Waals surface area contributed by atoms with Crippen molar-refractivity contribution in [1.29, 1.82) is 0 Å². The second-order valence-corrected chi connectivity index (χ2v) is 5.32. The van der Waals surface area contributed by atoms with Gasteiger partial charge in [0, 0.05) is 18.7 Å². The van der Waals surface area contributed by atoms with Crippen LogP contribution in [0.25, 0.3) is 0 Å². The fourth-order valence-electron chi connectivity index (χ4n) is 2.20. The average molecular weight is 282 g/mol. The van der Waals surface area contributed by atoms with Crippen LogP contribution in [-0.2, 0) is 4.74 Å². The fraction of sp³-hybridized carbons (Fsp3) is 0.500. The summed E-state index contributed by atoms with van der Waals surface area (Å²) in [5.74, 6) is 0.659. The van der Waals surface area contributed by atoms with E-state index in [1.54, 1.807) is 18.2 Å². The quantitative estimate of drug-likeness (QED) is 0.796. The Morgan fingerprint density at radius 1 is 1.42 bits per heavy atom. The standard InChI is InChI=1S/C14H16ClNO3/c15-12-7-10(14(17)16-5-1-2-6-16)3-4-13(12)19-9-11-8-18-11/h3-4,7,11H,1-2,5-6,8-9H2. The van der Waals surface area contributed by atoms with Crippen molar-refractivity contribution in [2.45, 2.75) is 18.9 Å². The van der Waals surface area contributed by atoms with E-state index in [-0.39, 0.29) is 12.0 Å². The lowest BCUT2D eigenvalue weighted by Gasteiger charge is -2.16. The molecule has 0 bridgehead atoms. The van der Waals surface area contributed by atoms with Gasteiger partial charge in [0.2, 0.25) is 0 Å². The highest BCUT2D eigenvalue weighted by Crippen LogP contribution is 2.27. The molecule has 2 saturated heterocycles. The van der Waals surface area contributed by atoms with Crippen LogP contribution < -0.4 is 4.74 Å². The maximum absolute atomic E-state index is 12.2. The van der Waals surface area contributed by atoms with Crippen LogP contribution in [0.2, 0.25) is 5.02 Å². The summed E-state index contributed by atoms with van der Waals surface area (Å²) < 4.78 is 10.6. The van der Waals surface area contributed by atoms with Crippen molar-refractivity contribution in [3.8, 4) is 5.75 Å². The second kappa shape index (κ2) is 5.39. The second-order valence-electron chi connectivity index (χ2n) is 4.91. The van der Waals surface area contributed by atoms with Crippen LogP contribution in [0, 0.1) is 0 Å². The predicted octanol–water partition coefficient (Wildman–Crippen LogP) is 2.35. The van der Waals surface area contributed by atoms with Gasteiger partial charge in [-0.15, -0.1) is 0 Å². The Kier molecular flexibility index (Phi) is 3.62. The minimum Gasteiger partial charge on any atom is -0.489 e. The fourth-order valence-corrected chi connectivity index (χ4v) is 2.44. The number of halogens is 1. The molecule has 1 aromatic carbocycles. The number of epoxide rings is 1. The monoisotopic (exact) mass is 281 g/mol. The van der Waals surface area contributed by atoms with E-state index in [1.807, 2.05) is 4.90 Å². The first-order chi connectivity index (χ1) is 9.24. The number of amides is 1. The molecular formula is C14H16ClNO3. The van der Waals surface area contributed by atoms with Crippen molar-refractivity contribution in [3.05, 3.63) is 28.8 Å². The number of benzene rings is 1. The van der Waals surface area contributed by atoms with Gasteiger partial charge in [-0.1, -0.05) is 11.6 Å². The van der Waals surface area contributed by atoms with Crippen LogP contribution in [0.4, 0.5) is 0 Å². The van der Waals surface area contributed by atoms with E-state index >= 15 is 0 Å². The molecule has 0 aromatic heterocycles. The predicted molar refractivity (Wildman–Crippen MR) is 71.8 cm³/mol. The molecule has 2 aliphatic rings. The zero-order valence-electron chi connectivity index (χ0n) is 10.6. The lowest BCUT2D eigenvalue weighted by atomic mass is 10.2. The smallest absolute Gasteiger partial charge is 0.253 e. The van der Waals surface area contributed by atoms with Crippen LogP contribution in [0.3, 0.4) is 0 Å². The van der Waals surface area contributed by atoms with Gasteiger partial charge in [0.25, 0.3) is 5.91 Å². The molecule has 1 atom stereocenters. The highest BCUT2D eigenvalue weighted by Gasteiger charge is 2.24. The summed E-state index contributed by atoms with van der Waals surface area (Å²) in [6.45, 7) is 2.95. The molecule has 0 saturated carbocycles. The van der Waals surface area contributed by atoms with Crippen molar-refractivity contribution in [3.63, 3.8) is 0 Å². The van der Waals surface area contributed by atoms with Crippen LogP contribution >= 0.6 is 11.6 Å². The van der Waals surface area contributed by atoms with Gasteiger partial charge in [-0.3, -0.25) is 4.79 Å². The Labute approximate surface area is 117 Å². The Morgan fingerprint density at radius 3 is 2.79 bits per heavy atom. The normalized spacial score (nSPS) is 21.5. The van der Waals surface area contributed by atoms with Crippen LogP contribution in [-0.4, -0.2) is 43.2 Å². The minimum atomic E-state index is 0.0523. The number of likely N-dealkylation sites (tertiary alicyclic amines) is 1. The number of hydrogen-bond acceptors (Lipinski definition) is 3. The zero-order chi connectivity index (χ0) is 13.2. The van der Waals surface area contributed by atoms with Crippen LogP contribution in [0.15, 0.2) is 18.2 Å². The SMILES string of the molecule is O=C(c1ccc(OCC2CO2)c(Cl)c1)N1CCCC1. The minimum absolute atomic E-state index is 0.0523. The van der Waals surface area contributed by atoms with E-state index in [9.17, 15) is 4.79 Å². The molecule has 1 amide bonds. The zero-order valence-corrected chi connectivity index (χ0v) is 11.4. The van der Waals surface area contributed by atoms with E-state index in [4.69, 9.17) is 21.1 Å². The van der Waals surface area contributed by atoms with E-state index in [0.717, 1.165) is 32.5 Å². The number of nitrogens with zero attached hydrogens (tertiary/aromatic N) is 1. The Balaban J connectivity index is 1.68. The summed E-state index contributed by atoms with van der Waals surface area (Å²) in [4.78, 5) is 14.1. The molecule has 1 aromatic rings. The Hall–Kier alpha value is -1.26.